The van der Waals surface area contributed by atoms with Gasteiger partial charge in [-0.1, -0.05) is 0 Å². The smallest absolute Gasteiger partial charge is 0.251 e. The highest BCUT2D eigenvalue weighted by molar-refractivity contribution is 5.97. The van der Waals surface area contributed by atoms with Gasteiger partial charge in [0.05, 0.1) is 13.2 Å². The zero-order chi connectivity index (χ0) is 16.1. The third-order valence-corrected chi connectivity index (χ3v) is 4.31. The van der Waals surface area contributed by atoms with Crippen LogP contribution in [0, 0.1) is 0 Å². The van der Waals surface area contributed by atoms with E-state index in [1.165, 1.54) is 0 Å². The second-order valence-electron chi connectivity index (χ2n) is 5.98. The van der Waals surface area contributed by atoms with E-state index >= 15 is 0 Å². The number of hydrogen-bond acceptors (Lipinski definition) is 4. The summed E-state index contributed by atoms with van der Waals surface area (Å²) in [5.74, 6) is -0.0110. The Morgan fingerprint density at radius 1 is 1.26 bits per heavy atom. The van der Waals surface area contributed by atoms with Gasteiger partial charge in [-0.15, -0.1) is 0 Å². The summed E-state index contributed by atoms with van der Waals surface area (Å²) in [6.45, 7) is 4.86. The van der Waals surface area contributed by atoms with E-state index in [9.17, 15) is 9.59 Å². The fourth-order valence-corrected chi connectivity index (χ4v) is 2.97. The summed E-state index contributed by atoms with van der Waals surface area (Å²) in [5.41, 5.74) is 2.52. The average molecular weight is 317 g/mol. The predicted molar refractivity (Wildman–Crippen MR) is 87.6 cm³/mol. The van der Waals surface area contributed by atoms with Crippen molar-refractivity contribution in [1.29, 1.82) is 0 Å². The fourth-order valence-electron chi connectivity index (χ4n) is 2.97. The predicted octanol–water partition coefficient (Wildman–Crippen LogP) is 1.02. The standard InChI is InChI=1S/C17H23N3O3/c21-16-3-1-2-13-12-14(4-5-15(13)19-16)17(22)18-6-7-20-8-10-23-11-9-20/h4-5,12H,1-3,6-11H2,(H,18,22)(H,19,21). The van der Waals surface area contributed by atoms with Crippen molar-refractivity contribution in [1.82, 2.24) is 10.2 Å². The molecule has 0 aliphatic carbocycles. The number of nitrogens with zero attached hydrogens (tertiary/aromatic N) is 1. The molecule has 3 rings (SSSR count). The SMILES string of the molecule is O=C1CCCc2cc(C(=O)NCCN3CCOCC3)ccc2N1. The second kappa shape index (κ2) is 7.57. The summed E-state index contributed by atoms with van der Waals surface area (Å²) in [6.07, 6.45) is 2.18. The van der Waals surface area contributed by atoms with Crippen LogP contribution in [-0.2, 0) is 16.0 Å². The van der Waals surface area contributed by atoms with Crippen molar-refractivity contribution in [2.24, 2.45) is 0 Å². The third-order valence-electron chi connectivity index (χ3n) is 4.31. The maximum Gasteiger partial charge on any atom is 0.251 e. The number of nitrogens with one attached hydrogen (secondary N) is 2. The van der Waals surface area contributed by atoms with Crippen LogP contribution in [0.2, 0.25) is 0 Å². The molecule has 0 atom stereocenters. The highest BCUT2D eigenvalue weighted by Crippen LogP contribution is 2.23. The molecule has 2 aliphatic rings. The molecular weight excluding hydrogens is 294 g/mol. The zero-order valence-electron chi connectivity index (χ0n) is 13.3. The minimum atomic E-state index is -0.0587. The highest BCUT2D eigenvalue weighted by Gasteiger charge is 2.15. The lowest BCUT2D eigenvalue weighted by atomic mass is 10.0. The molecule has 0 radical (unpaired) electrons. The van der Waals surface area contributed by atoms with Gasteiger partial charge >= 0.3 is 0 Å². The third kappa shape index (κ3) is 4.30. The molecule has 1 saturated heterocycles. The lowest BCUT2D eigenvalue weighted by Gasteiger charge is -2.26. The van der Waals surface area contributed by atoms with E-state index in [-0.39, 0.29) is 11.8 Å². The molecule has 1 aromatic rings. The minimum Gasteiger partial charge on any atom is -0.379 e. The molecule has 0 aromatic heterocycles. The number of rotatable bonds is 4. The Hall–Kier alpha value is -1.92. The van der Waals surface area contributed by atoms with Crippen molar-refractivity contribution in [3.63, 3.8) is 0 Å². The van der Waals surface area contributed by atoms with Crippen molar-refractivity contribution in [2.45, 2.75) is 19.3 Å². The van der Waals surface area contributed by atoms with Gasteiger partial charge < -0.3 is 15.4 Å². The van der Waals surface area contributed by atoms with E-state index in [1.54, 1.807) is 6.07 Å². The van der Waals surface area contributed by atoms with Crippen LogP contribution in [0.15, 0.2) is 18.2 Å². The molecule has 2 N–H and O–H groups in total. The van der Waals surface area contributed by atoms with Gasteiger partial charge in [-0.2, -0.15) is 0 Å². The molecule has 2 amide bonds. The van der Waals surface area contributed by atoms with Gasteiger partial charge in [-0.3, -0.25) is 14.5 Å². The van der Waals surface area contributed by atoms with Crippen LogP contribution in [-0.4, -0.2) is 56.1 Å². The second-order valence-corrected chi connectivity index (χ2v) is 5.98. The maximum absolute atomic E-state index is 12.3. The van der Waals surface area contributed by atoms with Crippen LogP contribution in [0.4, 0.5) is 5.69 Å². The number of aryl methyl sites for hydroxylation is 1. The Kier molecular flexibility index (Phi) is 5.25. The molecule has 0 spiro atoms. The van der Waals surface area contributed by atoms with Crippen LogP contribution in [0.3, 0.4) is 0 Å². The lowest BCUT2D eigenvalue weighted by Crippen LogP contribution is -2.41. The van der Waals surface area contributed by atoms with Gasteiger partial charge in [0, 0.05) is 43.9 Å². The summed E-state index contributed by atoms with van der Waals surface area (Å²) in [7, 11) is 0. The first-order valence-electron chi connectivity index (χ1n) is 8.23. The van der Waals surface area contributed by atoms with Gasteiger partial charge in [0.1, 0.15) is 0 Å². The summed E-state index contributed by atoms with van der Waals surface area (Å²) in [6, 6.07) is 5.49. The molecule has 2 heterocycles. The molecule has 6 heteroatoms. The Balaban J connectivity index is 1.55. The van der Waals surface area contributed by atoms with Gasteiger partial charge in [-0.05, 0) is 36.6 Å². The molecular formula is C17H23N3O3. The molecule has 0 saturated carbocycles. The summed E-state index contributed by atoms with van der Waals surface area (Å²) in [4.78, 5) is 26.1. The first-order chi connectivity index (χ1) is 11.2. The molecule has 0 bridgehead atoms. The van der Waals surface area contributed by atoms with Crippen molar-refractivity contribution in [3.05, 3.63) is 29.3 Å². The van der Waals surface area contributed by atoms with Gasteiger partial charge in [0.25, 0.3) is 5.91 Å². The molecule has 1 aromatic carbocycles. The Bertz CT molecular complexity index is 582. The van der Waals surface area contributed by atoms with Crippen LogP contribution < -0.4 is 10.6 Å². The number of morpholine rings is 1. The monoisotopic (exact) mass is 317 g/mol. The quantitative estimate of drug-likeness (QED) is 0.870. The zero-order valence-corrected chi connectivity index (χ0v) is 13.3. The molecule has 1 fully saturated rings. The number of ether oxygens (including phenoxy) is 1. The number of carbonyl (C=O) groups excluding carboxylic acids is 2. The topological polar surface area (TPSA) is 70.7 Å². The van der Waals surface area contributed by atoms with Gasteiger partial charge in [-0.25, -0.2) is 0 Å². The first kappa shape index (κ1) is 16.0. The van der Waals surface area contributed by atoms with Crippen molar-refractivity contribution < 1.29 is 14.3 Å². The van der Waals surface area contributed by atoms with E-state index in [4.69, 9.17) is 4.74 Å². The summed E-state index contributed by atoms with van der Waals surface area (Å²) >= 11 is 0. The molecule has 6 nitrogen and oxygen atoms in total. The largest absolute Gasteiger partial charge is 0.379 e. The summed E-state index contributed by atoms with van der Waals surface area (Å²) < 4.78 is 5.31. The Labute approximate surface area is 136 Å². The minimum absolute atomic E-state index is 0.0477. The van der Waals surface area contributed by atoms with E-state index in [0.29, 0.717) is 18.5 Å². The highest BCUT2D eigenvalue weighted by atomic mass is 16.5. The van der Waals surface area contributed by atoms with E-state index in [0.717, 1.165) is 56.9 Å². The first-order valence-corrected chi connectivity index (χ1v) is 8.23. The Morgan fingerprint density at radius 3 is 2.91 bits per heavy atom. The number of anilines is 1. The van der Waals surface area contributed by atoms with Crippen LogP contribution in [0.1, 0.15) is 28.8 Å². The Morgan fingerprint density at radius 2 is 2.09 bits per heavy atom. The molecule has 23 heavy (non-hydrogen) atoms. The van der Waals surface area contributed by atoms with E-state index in [2.05, 4.69) is 15.5 Å². The van der Waals surface area contributed by atoms with Crippen molar-refractivity contribution >= 4 is 17.5 Å². The summed E-state index contributed by atoms with van der Waals surface area (Å²) in [5, 5.41) is 5.85. The van der Waals surface area contributed by atoms with E-state index in [1.807, 2.05) is 12.1 Å². The average Bonchev–Trinajstić information content (AvgIpc) is 2.75. The van der Waals surface area contributed by atoms with Crippen LogP contribution >= 0.6 is 0 Å². The van der Waals surface area contributed by atoms with Crippen molar-refractivity contribution in [2.75, 3.05) is 44.7 Å². The van der Waals surface area contributed by atoms with E-state index < -0.39 is 0 Å². The fraction of sp³-hybridized carbons (Fsp3) is 0.529. The number of benzene rings is 1. The normalized spacial score (nSPS) is 18.7. The molecule has 0 unspecified atom stereocenters. The van der Waals surface area contributed by atoms with Gasteiger partial charge in [0.2, 0.25) is 5.91 Å². The number of fused-ring (bicyclic) bond motifs is 1. The molecule has 124 valence electrons. The maximum atomic E-state index is 12.3. The lowest BCUT2D eigenvalue weighted by molar-refractivity contribution is -0.116. The number of amides is 2. The van der Waals surface area contributed by atoms with Crippen LogP contribution in [0.5, 0.6) is 0 Å². The van der Waals surface area contributed by atoms with Crippen molar-refractivity contribution in [3.8, 4) is 0 Å². The molecule has 2 aliphatic heterocycles. The van der Waals surface area contributed by atoms with Crippen LogP contribution in [0.25, 0.3) is 0 Å². The number of hydrogen-bond donors (Lipinski definition) is 2. The number of carbonyl (C=O) groups is 2. The van der Waals surface area contributed by atoms with Gasteiger partial charge in [0.15, 0.2) is 0 Å².